The van der Waals surface area contributed by atoms with Gasteiger partial charge in [-0.15, -0.1) is 0 Å². The molecule has 198 valence electrons. The van der Waals surface area contributed by atoms with Crippen LogP contribution in [0.25, 0.3) is 10.9 Å². The largest absolute Gasteiger partial charge is 0.497 e. The van der Waals surface area contributed by atoms with Gasteiger partial charge in [0.15, 0.2) is 0 Å². The molecule has 4 rings (SSSR count). The van der Waals surface area contributed by atoms with E-state index >= 15 is 0 Å². The highest BCUT2D eigenvalue weighted by Gasteiger charge is 2.23. The Morgan fingerprint density at radius 3 is 2.37 bits per heavy atom. The van der Waals surface area contributed by atoms with E-state index in [0.717, 1.165) is 40.6 Å². The summed E-state index contributed by atoms with van der Waals surface area (Å²) in [5, 5.41) is 1.73. The predicted octanol–water partition coefficient (Wildman–Crippen LogP) is 6.34. The molecule has 1 heterocycles. The van der Waals surface area contributed by atoms with Crippen LogP contribution < -0.4 is 4.74 Å². The van der Waals surface area contributed by atoms with Crippen LogP contribution >= 0.6 is 11.6 Å². The van der Waals surface area contributed by atoms with Crippen molar-refractivity contribution in [1.29, 1.82) is 0 Å². The highest BCUT2D eigenvalue weighted by Crippen LogP contribution is 2.20. The Labute approximate surface area is 229 Å². The number of ether oxygens (including phenoxy) is 1. The molecule has 1 N–H and O–H groups in total. The molecule has 0 fully saturated rings. The zero-order valence-electron chi connectivity index (χ0n) is 22.0. The van der Waals surface area contributed by atoms with Gasteiger partial charge in [-0.25, -0.2) is 0 Å². The first-order chi connectivity index (χ1) is 18.5. The van der Waals surface area contributed by atoms with Crippen molar-refractivity contribution in [3.05, 3.63) is 101 Å². The molecule has 0 saturated carbocycles. The van der Waals surface area contributed by atoms with E-state index in [1.165, 1.54) is 0 Å². The number of nitrogens with one attached hydrogen (secondary N) is 1. The highest BCUT2D eigenvalue weighted by molar-refractivity contribution is 6.30. The van der Waals surface area contributed by atoms with Crippen LogP contribution in [0.15, 0.2) is 79.0 Å². The summed E-state index contributed by atoms with van der Waals surface area (Å²) in [7, 11) is 1.63. The number of unbranched alkanes of at least 4 members (excludes halogenated alkanes) is 1. The van der Waals surface area contributed by atoms with E-state index in [-0.39, 0.29) is 18.4 Å². The number of nitrogens with zero attached hydrogens (tertiary/aromatic N) is 2. The van der Waals surface area contributed by atoms with Gasteiger partial charge in [-0.2, -0.15) is 0 Å². The SMILES string of the molecule is CCCCN(CC(=O)N(CCc1c[nH]c2ccccc12)Cc1ccc(OC)cc1)C(=O)c1ccc(Cl)cc1. The van der Waals surface area contributed by atoms with Gasteiger partial charge in [0, 0.05) is 47.3 Å². The van der Waals surface area contributed by atoms with Gasteiger partial charge < -0.3 is 19.5 Å². The summed E-state index contributed by atoms with van der Waals surface area (Å²) >= 11 is 6.02. The number of methoxy groups -OCH3 is 1. The summed E-state index contributed by atoms with van der Waals surface area (Å²) in [4.78, 5) is 33.9. The summed E-state index contributed by atoms with van der Waals surface area (Å²) in [6.45, 7) is 3.59. The van der Waals surface area contributed by atoms with Crippen LogP contribution in [-0.2, 0) is 17.8 Å². The minimum Gasteiger partial charge on any atom is -0.497 e. The third kappa shape index (κ3) is 6.95. The van der Waals surface area contributed by atoms with Crippen LogP contribution in [0.1, 0.15) is 41.3 Å². The monoisotopic (exact) mass is 531 g/mol. The molecule has 0 unspecified atom stereocenters. The van der Waals surface area contributed by atoms with E-state index in [2.05, 4.69) is 18.0 Å². The molecule has 7 heteroatoms. The fourth-order valence-electron chi connectivity index (χ4n) is 4.48. The Hall–Kier alpha value is -3.77. The zero-order chi connectivity index (χ0) is 26.9. The lowest BCUT2D eigenvalue weighted by Crippen LogP contribution is -2.43. The van der Waals surface area contributed by atoms with Crippen LogP contribution in [0.5, 0.6) is 5.75 Å². The smallest absolute Gasteiger partial charge is 0.254 e. The zero-order valence-corrected chi connectivity index (χ0v) is 22.7. The average molecular weight is 532 g/mol. The molecule has 38 heavy (non-hydrogen) atoms. The molecule has 0 atom stereocenters. The number of H-pyrrole nitrogens is 1. The average Bonchev–Trinajstić information content (AvgIpc) is 3.36. The number of halogens is 1. The Morgan fingerprint density at radius 2 is 1.66 bits per heavy atom. The number of benzene rings is 3. The van der Waals surface area contributed by atoms with Gasteiger partial charge in [0.05, 0.1) is 7.11 Å². The number of carbonyl (C=O) groups is 2. The van der Waals surface area contributed by atoms with Gasteiger partial charge in [0.25, 0.3) is 5.91 Å². The number of carbonyl (C=O) groups excluding carboxylic acids is 2. The molecule has 0 aliphatic rings. The Kier molecular flexibility index (Phi) is 9.44. The molecule has 0 aliphatic heterocycles. The van der Waals surface area contributed by atoms with Crippen LogP contribution in [0.4, 0.5) is 0 Å². The highest BCUT2D eigenvalue weighted by atomic mass is 35.5. The van der Waals surface area contributed by atoms with Gasteiger partial charge in [0.1, 0.15) is 12.3 Å². The van der Waals surface area contributed by atoms with E-state index in [9.17, 15) is 9.59 Å². The number of para-hydroxylation sites is 1. The van der Waals surface area contributed by atoms with Crippen molar-refractivity contribution in [2.45, 2.75) is 32.7 Å². The van der Waals surface area contributed by atoms with Gasteiger partial charge >= 0.3 is 0 Å². The van der Waals surface area contributed by atoms with Crippen molar-refractivity contribution in [1.82, 2.24) is 14.8 Å². The molecular weight excluding hydrogens is 498 g/mol. The molecular formula is C31H34ClN3O3. The summed E-state index contributed by atoms with van der Waals surface area (Å²) in [6.07, 6.45) is 4.46. The number of aromatic amines is 1. The molecule has 6 nitrogen and oxygen atoms in total. The molecule has 2 amide bonds. The van der Waals surface area contributed by atoms with Crippen molar-refractivity contribution >= 4 is 34.3 Å². The summed E-state index contributed by atoms with van der Waals surface area (Å²) in [6, 6.07) is 22.7. The minimum absolute atomic E-state index is 0.0193. The van der Waals surface area contributed by atoms with Gasteiger partial charge in [-0.3, -0.25) is 9.59 Å². The number of hydrogen-bond acceptors (Lipinski definition) is 3. The second-order valence-electron chi connectivity index (χ2n) is 9.36. The number of aromatic nitrogens is 1. The lowest BCUT2D eigenvalue weighted by molar-refractivity contribution is -0.132. The molecule has 0 bridgehead atoms. The molecule has 0 aliphatic carbocycles. The summed E-state index contributed by atoms with van der Waals surface area (Å²) < 4.78 is 5.29. The minimum atomic E-state index is -0.163. The van der Waals surface area contributed by atoms with Crippen LogP contribution in [0.3, 0.4) is 0 Å². The fourth-order valence-corrected chi connectivity index (χ4v) is 4.60. The van der Waals surface area contributed by atoms with E-state index in [0.29, 0.717) is 36.6 Å². The third-order valence-corrected chi connectivity index (χ3v) is 6.95. The number of hydrogen-bond donors (Lipinski definition) is 1. The van der Waals surface area contributed by atoms with E-state index in [4.69, 9.17) is 16.3 Å². The number of amides is 2. The normalized spacial score (nSPS) is 10.9. The molecule has 1 aromatic heterocycles. The van der Waals surface area contributed by atoms with E-state index in [1.807, 2.05) is 53.6 Å². The Balaban J connectivity index is 1.54. The lowest BCUT2D eigenvalue weighted by Gasteiger charge is -2.28. The van der Waals surface area contributed by atoms with Gasteiger partial charge in [-0.05, 0) is 66.4 Å². The van der Waals surface area contributed by atoms with Crippen molar-refractivity contribution in [2.24, 2.45) is 0 Å². The third-order valence-electron chi connectivity index (χ3n) is 6.70. The molecule has 3 aromatic carbocycles. The Morgan fingerprint density at radius 1 is 0.921 bits per heavy atom. The second kappa shape index (κ2) is 13.2. The number of fused-ring (bicyclic) bond motifs is 1. The first kappa shape index (κ1) is 27.3. The first-order valence-electron chi connectivity index (χ1n) is 13.0. The van der Waals surface area contributed by atoms with Crippen molar-refractivity contribution < 1.29 is 14.3 Å². The van der Waals surface area contributed by atoms with E-state index < -0.39 is 0 Å². The lowest BCUT2D eigenvalue weighted by atomic mass is 10.1. The molecule has 0 radical (unpaired) electrons. The van der Waals surface area contributed by atoms with Crippen molar-refractivity contribution in [3.63, 3.8) is 0 Å². The second-order valence-corrected chi connectivity index (χ2v) is 9.80. The van der Waals surface area contributed by atoms with Crippen molar-refractivity contribution in [3.8, 4) is 5.75 Å². The topological polar surface area (TPSA) is 65.6 Å². The standard InChI is InChI=1S/C31H34ClN3O3/c1-3-4-18-35(31(37)24-11-13-26(32)14-12-24)22-30(36)34(21-23-9-15-27(38-2)16-10-23)19-17-25-20-33-29-8-6-5-7-28(25)29/h5-16,20,33H,3-4,17-19,21-22H2,1-2H3. The van der Waals surface area contributed by atoms with Crippen LogP contribution in [-0.4, -0.2) is 53.3 Å². The predicted molar refractivity (Wildman–Crippen MR) is 153 cm³/mol. The summed E-state index contributed by atoms with van der Waals surface area (Å²) in [5.41, 5.74) is 3.77. The van der Waals surface area contributed by atoms with Gasteiger partial charge in [0.2, 0.25) is 5.91 Å². The molecule has 0 spiro atoms. The maximum absolute atomic E-state index is 13.7. The van der Waals surface area contributed by atoms with Gasteiger partial charge in [-0.1, -0.05) is 55.3 Å². The van der Waals surface area contributed by atoms with E-state index in [1.54, 1.807) is 36.3 Å². The quantitative estimate of drug-likeness (QED) is 0.232. The van der Waals surface area contributed by atoms with Crippen LogP contribution in [0.2, 0.25) is 5.02 Å². The maximum atomic E-state index is 13.7. The Bertz CT molecular complexity index is 1350. The fraction of sp³-hybridized carbons (Fsp3) is 0.290. The van der Waals surface area contributed by atoms with Crippen molar-refractivity contribution in [2.75, 3.05) is 26.7 Å². The maximum Gasteiger partial charge on any atom is 0.254 e. The molecule has 0 saturated heterocycles. The number of rotatable bonds is 12. The summed E-state index contributed by atoms with van der Waals surface area (Å²) in [5.74, 6) is 0.522. The first-order valence-corrected chi connectivity index (χ1v) is 13.4. The molecule has 4 aromatic rings. The van der Waals surface area contributed by atoms with Crippen LogP contribution in [0, 0.1) is 0 Å².